The Balaban J connectivity index is 2.37. The monoisotopic (exact) mass is 197 g/mol. The molecule has 1 aromatic heterocycles. The molecule has 1 aromatic carbocycles. The van der Waals surface area contributed by atoms with Crippen LogP contribution in [0, 0.1) is 11.3 Å². The number of nitrogens with zero attached hydrogens (tertiary/aromatic N) is 3. The summed E-state index contributed by atoms with van der Waals surface area (Å²) in [7, 11) is 0. The Morgan fingerprint density at radius 2 is 2.07 bits per heavy atom. The quantitative estimate of drug-likeness (QED) is 0.686. The lowest BCUT2D eigenvalue weighted by molar-refractivity contribution is 0.111. The van der Waals surface area contributed by atoms with Gasteiger partial charge in [0.25, 0.3) is 0 Å². The second-order valence-electron chi connectivity index (χ2n) is 2.98. The number of carbonyl (C=O) groups excluding carboxylic acids is 1. The van der Waals surface area contributed by atoms with Crippen molar-refractivity contribution in [2.24, 2.45) is 0 Å². The summed E-state index contributed by atoms with van der Waals surface area (Å²) in [6.07, 6.45) is 3.89. The molecule has 0 saturated heterocycles. The number of aromatic nitrogens is 2. The van der Waals surface area contributed by atoms with Crippen LogP contribution in [0.15, 0.2) is 36.8 Å². The molecule has 0 bridgehead atoms. The SMILES string of the molecule is N#Cc1ccc(-n2cnc(C=O)c2)cc1. The number of rotatable bonds is 2. The van der Waals surface area contributed by atoms with Gasteiger partial charge in [0.1, 0.15) is 12.0 Å². The first kappa shape index (κ1) is 9.16. The summed E-state index contributed by atoms with van der Waals surface area (Å²) < 4.78 is 1.73. The largest absolute Gasteiger partial charge is 0.306 e. The van der Waals surface area contributed by atoms with Gasteiger partial charge in [-0.3, -0.25) is 4.79 Å². The van der Waals surface area contributed by atoms with E-state index in [1.165, 1.54) is 0 Å². The Morgan fingerprint density at radius 1 is 1.33 bits per heavy atom. The molecule has 4 nitrogen and oxygen atoms in total. The molecule has 1 heterocycles. The van der Waals surface area contributed by atoms with Crippen LogP contribution in [0.5, 0.6) is 0 Å². The van der Waals surface area contributed by atoms with Gasteiger partial charge in [-0.2, -0.15) is 5.26 Å². The van der Waals surface area contributed by atoms with Crippen LogP contribution in [-0.2, 0) is 0 Å². The third-order valence-electron chi connectivity index (χ3n) is 2.02. The molecular weight excluding hydrogens is 190 g/mol. The first-order chi connectivity index (χ1) is 7.33. The predicted octanol–water partition coefficient (Wildman–Crippen LogP) is 1.56. The van der Waals surface area contributed by atoms with Crippen molar-refractivity contribution in [1.29, 1.82) is 5.26 Å². The van der Waals surface area contributed by atoms with Crippen molar-refractivity contribution in [1.82, 2.24) is 9.55 Å². The summed E-state index contributed by atoms with van der Waals surface area (Å²) in [5.74, 6) is 0. The lowest BCUT2D eigenvalue weighted by atomic mass is 10.2. The van der Waals surface area contributed by atoms with Crippen molar-refractivity contribution < 1.29 is 4.79 Å². The van der Waals surface area contributed by atoms with Crippen molar-refractivity contribution in [2.45, 2.75) is 0 Å². The summed E-state index contributed by atoms with van der Waals surface area (Å²) in [6.45, 7) is 0. The second kappa shape index (κ2) is 3.76. The number of aldehydes is 1. The normalized spacial score (nSPS) is 9.53. The van der Waals surface area contributed by atoms with Crippen LogP contribution in [-0.4, -0.2) is 15.8 Å². The Labute approximate surface area is 86.4 Å². The molecule has 0 amide bonds. The third kappa shape index (κ3) is 1.76. The Hall–Kier alpha value is -2.41. The van der Waals surface area contributed by atoms with Gasteiger partial charge in [0.05, 0.1) is 11.6 Å². The van der Waals surface area contributed by atoms with E-state index in [-0.39, 0.29) is 0 Å². The zero-order valence-electron chi connectivity index (χ0n) is 7.79. The minimum Gasteiger partial charge on any atom is -0.306 e. The first-order valence-electron chi connectivity index (χ1n) is 4.33. The molecule has 0 radical (unpaired) electrons. The van der Waals surface area contributed by atoms with Gasteiger partial charge in [-0.05, 0) is 24.3 Å². The summed E-state index contributed by atoms with van der Waals surface area (Å²) in [6, 6.07) is 9.08. The summed E-state index contributed by atoms with van der Waals surface area (Å²) in [5, 5.41) is 8.63. The molecular formula is C11H7N3O. The van der Waals surface area contributed by atoms with Crippen molar-refractivity contribution in [3.05, 3.63) is 48.0 Å². The molecule has 0 unspecified atom stereocenters. The van der Waals surface area contributed by atoms with Gasteiger partial charge in [0.15, 0.2) is 6.29 Å². The van der Waals surface area contributed by atoms with E-state index in [0.29, 0.717) is 17.5 Å². The van der Waals surface area contributed by atoms with Gasteiger partial charge in [-0.1, -0.05) is 0 Å². The number of benzene rings is 1. The Bertz CT molecular complexity index is 520. The highest BCUT2D eigenvalue weighted by atomic mass is 16.1. The summed E-state index contributed by atoms with van der Waals surface area (Å²) >= 11 is 0. The fourth-order valence-electron chi connectivity index (χ4n) is 1.25. The van der Waals surface area contributed by atoms with E-state index < -0.39 is 0 Å². The minimum absolute atomic E-state index is 0.388. The van der Waals surface area contributed by atoms with E-state index >= 15 is 0 Å². The van der Waals surface area contributed by atoms with Crippen molar-refractivity contribution in [3.8, 4) is 11.8 Å². The molecule has 0 spiro atoms. The van der Waals surface area contributed by atoms with E-state index in [2.05, 4.69) is 4.98 Å². The smallest absolute Gasteiger partial charge is 0.170 e. The van der Waals surface area contributed by atoms with Gasteiger partial charge in [-0.25, -0.2) is 4.98 Å². The molecule has 0 N–H and O–H groups in total. The number of nitriles is 1. The van der Waals surface area contributed by atoms with E-state index in [1.807, 2.05) is 6.07 Å². The lowest BCUT2D eigenvalue weighted by Crippen LogP contribution is -1.89. The number of imidazole rings is 1. The van der Waals surface area contributed by atoms with E-state index in [4.69, 9.17) is 5.26 Å². The van der Waals surface area contributed by atoms with Gasteiger partial charge in [0.2, 0.25) is 0 Å². The molecule has 0 aliphatic heterocycles. The molecule has 4 heteroatoms. The maximum absolute atomic E-state index is 10.4. The molecule has 0 saturated carbocycles. The third-order valence-corrected chi connectivity index (χ3v) is 2.02. The maximum atomic E-state index is 10.4. The number of hydrogen-bond acceptors (Lipinski definition) is 3. The predicted molar refractivity (Wildman–Crippen MR) is 53.7 cm³/mol. The topological polar surface area (TPSA) is 58.7 Å². The van der Waals surface area contributed by atoms with Gasteiger partial charge < -0.3 is 4.57 Å². The molecule has 72 valence electrons. The minimum atomic E-state index is 0.388. The lowest BCUT2D eigenvalue weighted by Gasteiger charge is -2.00. The average molecular weight is 197 g/mol. The Kier molecular flexibility index (Phi) is 2.30. The van der Waals surface area contributed by atoms with Crippen molar-refractivity contribution >= 4 is 6.29 Å². The number of hydrogen-bond donors (Lipinski definition) is 0. The molecule has 2 rings (SSSR count). The van der Waals surface area contributed by atoms with Gasteiger partial charge >= 0.3 is 0 Å². The molecule has 0 atom stereocenters. The molecule has 0 aliphatic rings. The fourth-order valence-corrected chi connectivity index (χ4v) is 1.25. The highest BCUT2D eigenvalue weighted by Crippen LogP contribution is 2.09. The maximum Gasteiger partial charge on any atom is 0.170 e. The van der Waals surface area contributed by atoms with Gasteiger partial charge in [-0.15, -0.1) is 0 Å². The van der Waals surface area contributed by atoms with E-state index in [0.717, 1.165) is 5.69 Å². The van der Waals surface area contributed by atoms with E-state index in [1.54, 1.807) is 41.4 Å². The first-order valence-corrected chi connectivity index (χ1v) is 4.33. The summed E-state index contributed by atoms with van der Waals surface area (Å²) in [5.41, 5.74) is 1.86. The van der Waals surface area contributed by atoms with Crippen LogP contribution in [0.1, 0.15) is 16.1 Å². The van der Waals surface area contributed by atoms with Crippen LogP contribution in [0.2, 0.25) is 0 Å². The van der Waals surface area contributed by atoms with Crippen molar-refractivity contribution in [2.75, 3.05) is 0 Å². The molecule has 0 aliphatic carbocycles. The van der Waals surface area contributed by atoms with Crippen molar-refractivity contribution in [3.63, 3.8) is 0 Å². The second-order valence-corrected chi connectivity index (χ2v) is 2.98. The van der Waals surface area contributed by atoms with Crippen LogP contribution >= 0.6 is 0 Å². The average Bonchev–Trinajstić information content (AvgIpc) is 2.78. The molecule has 0 fully saturated rings. The molecule has 2 aromatic rings. The van der Waals surface area contributed by atoms with Crippen LogP contribution in [0.3, 0.4) is 0 Å². The zero-order valence-corrected chi connectivity index (χ0v) is 7.79. The van der Waals surface area contributed by atoms with Crippen LogP contribution in [0.4, 0.5) is 0 Å². The highest BCUT2D eigenvalue weighted by Gasteiger charge is 1.99. The fraction of sp³-hybridized carbons (Fsp3) is 0. The Morgan fingerprint density at radius 3 is 2.60 bits per heavy atom. The standard InChI is InChI=1S/C11H7N3O/c12-5-9-1-3-11(4-2-9)14-6-10(7-15)13-8-14/h1-4,6-8H. The highest BCUT2D eigenvalue weighted by molar-refractivity contribution is 5.71. The molecule has 15 heavy (non-hydrogen) atoms. The van der Waals surface area contributed by atoms with Gasteiger partial charge in [0, 0.05) is 11.9 Å². The van der Waals surface area contributed by atoms with Crippen LogP contribution < -0.4 is 0 Å². The number of carbonyl (C=O) groups is 1. The summed E-state index contributed by atoms with van der Waals surface area (Å²) in [4.78, 5) is 14.3. The zero-order chi connectivity index (χ0) is 10.7. The van der Waals surface area contributed by atoms with Crippen LogP contribution in [0.25, 0.3) is 5.69 Å². The van der Waals surface area contributed by atoms with E-state index in [9.17, 15) is 4.79 Å².